The maximum atomic E-state index is 13.7. The van der Waals surface area contributed by atoms with Crippen LogP contribution in [0.15, 0.2) is 41.8 Å². The van der Waals surface area contributed by atoms with Crippen LogP contribution in [0.25, 0.3) is 10.1 Å². The number of aliphatic carboxylic acids is 1. The van der Waals surface area contributed by atoms with Crippen molar-refractivity contribution in [3.8, 4) is 0 Å². The number of rotatable bonds is 9. The van der Waals surface area contributed by atoms with Crippen molar-refractivity contribution in [1.29, 1.82) is 0 Å². The number of amides is 2. The molecule has 13 heteroatoms. The molecule has 0 radical (unpaired) electrons. The molecule has 1 aromatic heterocycles. The van der Waals surface area contributed by atoms with Gasteiger partial charge < -0.3 is 20.1 Å². The largest absolute Gasteiger partial charge is 0.481 e. The van der Waals surface area contributed by atoms with Crippen LogP contribution in [0, 0.1) is 5.92 Å². The number of nitrogens with one attached hydrogen (secondary N) is 1. The zero-order chi connectivity index (χ0) is 31.9. The summed E-state index contributed by atoms with van der Waals surface area (Å²) in [5, 5.41) is 15.2. The minimum atomic E-state index is -2.72. The van der Waals surface area contributed by atoms with Gasteiger partial charge in [-0.05, 0) is 55.9 Å². The zero-order valence-electron chi connectivity index (χ0n) is 24.3. The Labute approximate surface area is 273 Å². The minimum absolute atomic E-state index is 0.0644. The summed E-state index contributed by atoms with van der Waals surface area (Å²) in [5.41, 5.74) is 1.33. The highest BCUT2D eigenvalue weighted by molar-refractivity contribution is 7.17. The molecule has 2 amide bonds. The Morgan fingerprint density at radius 1 is 1.07 bits per heavy atom. The van der Waals surface area contributed by atoms with E-state index in [0.29, 0.717) is 55.5 Å². The van der Waals surface area contributed by atoms with E-state index in [-0.39, 0.29) is 72.1 Å². The summed E-state index contributed by atoms with van der Waals surface area (Å²) in [6.45, 7) is -0.126. The van der Waals surface area contributed by atoms with Crippen LogP contribution in [0.2, 0.25) is 10.0 Å². The van der Waals surface area contributed by atoms with Gasteiger partial charge in [-0.3, -0.25) is 19.3 Å². The molecule has 6 rings (SSSR count). The number of fused-ring (bicyclic) bond motifs is 1. The fraction of sp³-hybridized carbons (Fsp3) is 0.469. The van der Waals surface area contributed by atoms with Crippen molar-refractivity contribution in [3.05, 3.63) is 63.0 Å². The monoisotopic (exact) mass is 679 g/mol. The van der Waals surface area contributed by atoms with Crippen molar-refractivity contribution in [3.63, 3.8) is 0 Å². The Bertz CT molecular complexity index is 1600. The summed E-state index contributed by atoms with van der Waals surface area (Å²) in [6, 6.07) is 10.2. The number of carboxylic acids is 1. The van der Waals surface area contributed by atoms with E-state index in [1.165, 1.54) is 17.4 Å². The molecule has 2 saturated heterocycles. The molecule has 2 atom stereocenters. The van der Waals surface area contributed by atoms with Crippen LogP contribution in [0.3, 0.4) is 0 Å². The van der Waals surface area contributed by atoms with Gasteiger partial charge in [0, 0.05) is 33.1 Å². The fourth-order valence-electron chi connectivity index (χ4n) is 6.58. The molecule has 1 saturated carbocycles. The van der Waals surface area contributed by atoms with Crippen molar-refractivity contribution in [1.82, 2.24) is 9.80 Å². The van der Waals surface area contributed by atoms with Gasteiger partial charge in [0.05, 0.1) is 60.5 Å². The van der Waals surface area contributed by atoms with E-state index in [2.05, 4.69) is 5.32 Å². The summed E-state index contributed by atoms with van der Waals surface area (Å²) < 4.78 is 34.5. The normalized spacial score (nSPS) is 24.8. The molecule has 0 unspecified atom stereocenters. The van der Waals surface area contributed by atoms with Crippen molar-refractivity contribution < 1.29 is 33.0 Å². The maximum absolute atomic E-state index is 13.7. The summed E-state index contributed by atoms with van der Waals surface area (Å²) in [7, 11) is 0. The molecule has 0 spiro atoms. The van der Waals surface area contributed by atoms with Gasteiger partial charge in [0.25, 0.3) is 11.8 Å². The van der Waals surface area contributed by atoms with E-state index in [9.17, 15) is 28.3 Å². The lowest BCUT2D eigenvalue weighted by atomic mass is 9.87. The highest BCUT2D eigenvalue weighted by Crippen LogP contribution is 2.36. The Morgan fingerprint density at radius 3 is 2.51 bits per heavy atom. The van der Waals surface area contributed by atoms with E-state index in [1.807, 2.05) is 24.3 Å². The molecule has 3 aliphatic rings. The third-order valence-electron chi connectivity index (χ3n) is 9.10. The number of carboxylic acid groups (broad SMARTS) is 1. The number of alkyl halides is 2. The van der Waals surface area contributed by atoms with E-state index >= 15 is 0 Å². The lowest BCUT2D eigenvalue weighted by Gasteiger charge is -2.42. The first-order valence-corrected chi connectivity index (χ1v) is 16.6. The molecule has 8 nitrogen and oxygen atoms in total. The average Bonchev–Trinajstić information content (AvgIpc) is 3.62. The van der Waals surface area contributed by atoms with Crippen LogP contribution >= 0.6 is 34.5 Å². The van der Waals surface area contributed by atoms with Crippen molar-refractivity contribution >= 4 is 68.1 Å². The van der Waals surface area contributed by atoms with E-state index in [0.717, 1.165) is 10.1 Å². The molecule has 3 fully saturated rings. The van der Waals surface area contributed by atoms with Gasteiger partial charge in [-0.2, -0.15) is 0 Å². The second-order valence-corrected chi connectivity index (χ2v) is 13.9. The van der Waals surface area contributed by atoms with Crippen LogP contribution in [0.1, 0.15) is 48.0 Å². The molecule has 2 N–H and O–H groups in total. The van der Waals surface area contributed by atoms with Gasteiger partial charge in [0.15, 0.2) is 0 Å². The number of halogens is 4. The summed E-state index contributed by atoms with van der Waals surface area (Å²) >= 11 is 14.6. The number of thiophene rings is 1. The van der Waals surface area contributed by atoms with E-state index < -0.39 is 11.9 Å². The number of anilines is 1. The quantitative estimate of drug-likeness (QED) is 0.265. The highest BCUT2D eigenvalue weighted by Gasteiger charge is 2.50. The SMILES string of the molecule is O=C(Nc1cc(Cl)c(CC(=O)N2C[C@@H](N3CC(F)(F)C3)C[C@H]2CO[C@H]2CC[C@H](C(=O)O)CC2)cc1Cl)c1csc2ccccc12. The van der Waals surface area contributed by atoms with Gasteiger partial charge in [-0.25, -0.2) is 8.78 Å². The molecular formula is C32H33Cl2F2N3O5S. The number of hydrogen-bond acceptors (Lipinski definition) is 6. The van der Waals surface area contributed by atoms with Gasteiger partial charge >= 0.3 is 5.97 Å². The Kier molecular flexibility index (Phi) is 9.36. The number of benzene rings is 2. The lowest BCUT2D eigenvalue weighted by Crippen LogP contribution is -2.60. The van der Waals surface area contributed by atoms with E-state index in [4.69, 9.17) is 27.9 Å². The Hall–Kier alpha value is -2.83. The summed E-state index contributed by atoms with van der Waals surface area (Å²) in [4.78, 5) is 41.4. The van der Waals surface area contributed by atoms with Gasteiger partial charge in [0.1, 0.15) is 0 Å². The Balaban J connectivity index is 1.12. The van der Waals surface area contributed by atoms with Gasteiger partial charge in [0.2, 0.25) is 5.91 Å². The highest BCUT2D eigenvalue weighted by atomic mass is 35.5. The smallest absolute Gasteiger partial charge is 0.306 e. The van der Waals surface area contributed by atoms with Crippen LogP contribution in [0.4, 0.5) is 14.5 Å². The minimum Gasteiger partial charge on any atom is -0.481 e. The van der Waals surface area contributed by atoms with Crippen LogP contribution < -0.4 is 5.32 Å². The molecule has 2 aromatic carbocycles. The Morgan fingerprint density at radius 2 is 1.80 bits per heavy atom. The molecule has 240 valence electrons. The second kappa shape index (κ2) is 13.1. The number of carbonyl (C=O) groups excluding carboxylic acids is 2. The topological polar surface area (TPSA) is 99.2 Å². The molecule has 1 aliphatic carbocycles. The number of hydrogen-bond donors (Lipinski definition) is 2. The van der Waals surface area contributed by atoms with Crippen LogP contribution in [-0.4, -0.2) is 83.0 Å². The van der Waals surface area contributed by atoms with Crippen LogP contribution in [-0.2, 0) is 20.7 Å². The molecule has 3 heterocycles. The second-order valence-electron chi connectivity index (χ2n) is 12.2. The molecule has 2 aliphatic heterocycles. The summed E-state index contributed by atoms with van der Waals surface area (Å²) in [6.07, 6.45) is 2.66. The standard InChI is InChI=1S/C32H33Cl2F2N3O5S/c33-25-12-27(37-30(41)24-15-45-28-4-2-1-3-23(24)28)26(34)9-19(25)10-29(40)39-13-20(38-16-32(35,36)17-38)11-21(39)14-44-22-7-5-18(6-8-22)31(42)43/h1-4,9,12,15,18,20-22H,5-8,10-11,13-14,16-17H2,(H,37,41)(H,42,43)/t18-,20-,21-,22-/m0/s1. The molecule has 0 bridgehead atoms. The number of carbonyl (C=O) groups is 3. The first kappa shape index (κ1) is 32.1. The first-order valence-electron chi connectivity index (χ1n) is 15.0. The zero-order valence-corrected chi connectivity index (χ0v) is 26.6. The van der Waals surface area contributed by atoms with Crippen molar-refractivity contribution in [2.24, 2.45) is 5.92 Å². The maximum Gasteiger partial charge on any atom is 0.306 e. The number of nitrogens with zero attached hydrogens (tertiary/aromatic N) is 2. The van der Waals surface area contributed by atoms with Gasteiger partial charge in [-0.15, -0.1) is 11.3 Å². The molecule has 45 heavy (non-hydrogen) atoms. The predicted octanol–water partition coefficient (Wildman–Crippen LogP) is 6.58. The number of ether oxygens (including phenoxy) is 1. The van der Waals surface area contributed by atoms with Gasteiger partial charge in [-0.1, -0.05) is 41.4 Å². The lowest BCUT2D eigenvalue weighted by molar-refractivity contribution is -0.145. The van der Waals surface area contributed by atoms with Crippen molar-refractivity contribution in [2.75, 3.05) is 31.6 Å². The van der Waals surface area contributed by atoms with E-state index in [1.54, 1.807) is 21.2 Å². The van der Waals surface area contributed by atoms with Crippen LogP contribution in [0.5, 0.6) is 0 Å². The first-order chi connectivity index (χ1) is 21.5. The third-order valence-corrected chi connectivity index (χ3v) is 10.7. The predicted molar refractivity (Wildman–Crippen MR) is 170 cm³/mol. The number of likely N-dealkylation sites (tertiary alicyclic amines) is 2. The third kappa shape index (κ3) is 7.12. The van der Waals surface area contributed by atoms with Crippen molar-refractivity contribution in [2.45, 2.75) is 62.6 Å². The molecule has 3 aromatic rings. The fourth-order valence-corrected chi connectivity index (χ4v) is 7.98. The molecular weight excluding hydrogens is 647 g/mol. The summed E-state index contributed by atoms with van der Waals surface area (Å²) in [5.74, 6) is -4.43. The average molecular weight is 681 g/mol.